The van der Waals surface area contributed by atoms with Gasteiger partial charge in [0, 0.05) is 25.6 Å². The molecule has 7 heteroatoms. The molecule has 0 saturated carbocycles. The average Bonchev–Trinajstić information content (AvgIpc) is 3.13. The molecule has 0 aromatic heterocycles. The number of carbonyl (C=O) groups is 1. The fraction of sp³-hybridized carbons (Fsp3) is 0.632. The summed E-state index contributed by atoms with van der Waals surface area (Å²) in [6.07, 6.45) is 0. The maximum Gasteiger partial charge on any atom is 0.237 e. The van der Waals surface area contributed by atoms with E-state index in [0.29, 0.717) is 26.2 Å². The monoisotopic (exact) mass is 379 g/mol. The Hall–Kier alpha value is -1.44. The van der Waals surface area contributed by atoms with Gasteiger partial charge in [0.2, 0.25) is 15.9 Å². The average molecular weight is 380 g/mol. The van der Waals surface area contributed by atoms with Crippen LogP contribution in [-0.2, 0) is 14.8 Å². The third-order valence-electron chi connectivity index (χ3n) is 5.67. The van der Waals surface area contributed by atoms with Crippen LogP contribution in [0.15, 0.2) is 24.3 Å². The van der Waals surface area contributed by atoms with Crippen molar-refractivity contribution in [3.8, 4) is 0 Å². The molecule has 1 amide bonds. The van der Waals surface area contributed by atoms with Crippen LogP contribution in [-0.4, -0.2) is 74.5 Å². The number of amides is 1. The van der Waals surface area contributed by atoms with Crippen molar-refractivity contribution in [3.05, 3.63) is 35.4 Å². The predicted octanol–water partition coefficient (Wildman–Crippen LogP) is 1.34. The Labute approximate surface area is 156 Å². The molecule has 1 aromatic rings. The van der Waals surface area contributed by atoms with Crippen molar-refractivity contribution in [1.82, 2.24) is 14.1 Å². The van der Waals surface area contributed by atoms with Crippen LogP contribution in [0.4, 0.5) is 0 Å². The van der Waals surface area contributed by atoms with Gasteiger partial charge < -0.3 is 9.80 Å². The van der Waals surface area contributed by atoms with E-state index in [9.17, 15) is 13.2 Å². The molecule has 0 aliphatic carbocycles. The maximum atomic E-state index is 12.9. The Balaban J connectivity index is 1.94. The topological polar surface area (TPSA) is 60.9 Å². The van der Waals surface area contributed by atoms with Crippen LogP contribution in [0.3, 0.4) is 0 Å². The molecule has 0 bridgehead atoms. The number of nitrogens with zero attached hydrogens (tertiary/aromatic N) is 3. The summed E-state index contributed by atoms with van der Waals surface area (Å²) in [5.74, 6) is 0.600. The van der Waals surface area contributed by atoms with Gasteiger partial charge in [-0.2, -0.15) is 0 Å². The fourth-order valence-electron chi connectivity index (χ4n) is 4.35. The number of aryl methyl sites for hydroxylation is 1. The molecule has 0 spiro atoms. The fourth-order valence-corrected chi connectivity index (χ4v) is 5.53. The van der Waals surface area contributed by atoms with Gasteiger partial charge in [-0.05, 0) is 45.0 Å². The molecular formula is C19H29N3O3S. The number of fused-ring (bicyclic) bond motifs is 1. The largest absolute Gasteiger partial charge is 0.334 e. The van der Waals surface area contributed by atoms with Gasteiger partial charge >= 0.3 is 0 Å². The Bertz CT molecular complexity index is 778. The van der Waals surface area contributed by atoms with Gasteiger partial charge in [-0.25, -0.2) is 12.7 Å². The molecular weight excluding hydrogens is 350 g/mol. The van der Waals surface area contributed by atoms with E-state index in [1.165, 1.54) is 0 Å². The second kappa shape index (κ2) is 7.29. The molecule has 144 valence electrons. The minimum Gasteiger partial charge on any atom is -0.334 e. The Morgan fingerprint density at radius 1 is 1.19 bits per heavy atom. The molecule has 0 N–H and O–H groups in total. The summed E-state index contributed by atoms with van der Waals surface area (Å²) < 4.78 is 26.3. The molecule has 3 rings (SSSR count). The van der Waals surface area contributed by atoms with E-state index >= 15 is 0 Å². The second-order valence-electron chi connectivity index (χ2n) is 7.73. The lowest BCUT2D eigenvalue weighted by Gasteiger charge is -2.31. The van der Waals surface area contributed by atoms with Crippen LogP contribution in [0.1, 0.15) is 24.1 Å². The zero-order valence-electron chi connectivity index (χ0n) is 16.1. The number of carbonyl (C=O) groups excluding carboxylic acids is 1. The van der Waals surface area contributed by atoms with Crippen molar-refractivity contribution < 1.29 is 13.2 Å². The normalized spacial score (nSPS) is 26.5. The van der Waals surface area contributed by atoms with E-state index in [-0.39, 0.29) is 29.5 Å². The van der Waals surface area contributed by atoms with Gasteiger partial charge in [0.15, 0.2) is 0 Å². The van der Waals surface area contributed by atoms with E-state index in [1.807, 2.05) is 36.0 Å². The Kier molecular flexibility index (Phi) is 5.42. The van der Waals surface area contributed by atoms with Crippen LogP contribution in [0.25, 0.3) is 0 Å². The van der Waals surface area contributed by atoms with Crippen LogP contribution in [0, 0.1) is 18.8 Å². The lowest BCUT2D eigenvalue weighted by atomic mass is 9.87. The van der Waals surface area contributed by atoms with E-state index < -0.39 is 10.0 Å². The molecule has 2 fully saturated rings. The molecule has 26 heavy (non-hydrogen) atoms. The summed E-state index contributed by atoms with van der Waals surface area (Å²) >= 11 is 0. The zero-order chi connectivity index (χ0) is 19.1. The van der Waals surface area contributed by atoms with E-state index in [0.717, 1.165) is 11.1 Å². The predicted molar refractivity (Wildman–Crippen MR) is 102 cm³/mol. The van der Waals surface area contributed by atoms with Gasteiger partial charge in [0.1, 0.15) is 0 Å². The summed E-state index contributed by atoms with van der Waals surface area (Å²) in [6, 6.07) is 8.09. The Morgan fingerprint density at radius 3 is 2.50 bits per heavy atom. The summed E-state index contributed by atoms with van der Waals surface area (Å²) in [7, 11) is 0.601. The molecule has 2 aliphatic rings. The quantitative estimate of drug-likeness (QED) is 0.775. The third kappa shape index (κ3) is 3.52. The van der Waals surface area contributed by atoms with Crippen LogP contribution in [0.5, 0.6) is 0 Å². The smallest absolute Gasteiger partial charge is 0.237 e. The highest BCUT2D eigenvalue weighted by Crippen LogP contribution is 2.46. The number of benzene rings is 1. The first-order valence-electron chi connectivity index (χ1n) is 9.22. The van der Waals surface area contributed by atoms with Crippen molar-refractivity contribution in [2.45, 2.75) is 19.9 Å². The molecule has 6 nitrogen and oxygen atoms in total. The zero-order valence-corrected chi connectivity index (χ0v) is 16.9. The molecule has 2 aliphatic heterocycles. The second-order valence-corrected chi connectivity index (χ2v) is 9.98. The number of hydrogen-bond acceptors (Lipinski definition) is 4. The minimum atomic E-state index is -3.19. The summed E-state index contributed by atoms with van der Waals surface area (Å²) in [5, 5.41) is 0. The number of sulfonamides is 1. The van der Waals surface area contributed by atoms with Gasteiger partial charge in [-0.15, -0.1) is 0 Å². The standard InChI is InChI=1S/C19H29N3O3S/c1-5-26(24,25)21-10-15-11-22(18(23)13-20(3)4)19(17(15)12-21)16-9-7-6-8-14(16)2/h6-9,15,17,19H,5,10-13H2,1-4H3/t15-,17-,19+/m1/s1. The summed E-state index contributed by atoms with van der Waals surface area (Å²) in [4.78, 5) is 16.7. The third-order valence-corrected chi connectivity index (χ3v) is 7.48. The lowest BCUT2D eigenvalue weighted by molar-refractivity contribution is -0.133. The highest BCUT2D eigenvalue weighted by atomic mass is 32.2. The van der Waals surface area contributed by atoms with Crippen LogP contribution in [0.2, 0.25) is 0 Å². The van der Waals surface area contributed by atoms with Crippen LogP contribution >= 0.6 is 0 Å². The van der Waals surface area contributed by atoms with E-state index in [4.69, 9.17) is 0 Å². The summed E-state index contributed by atoms with van der Waals surface area (Å²) in [6.45, 7) is 5.79. The number of rotatable bonds is 5. The Morgan fingerprint density at radius 2 is 1.88 bits per heavy atom. The van der Waals surface area contributed by atoms with Crippen molar-refractivity contribution in [2.75, 3.05) is 46.0 Å². The van der Waals surface area contributed by atoms with E-state index in [2.05, 4.69) is 19.1 Å². The van der Waals surface area contributed by atoms with Crippen LogP contribution < -0.4 is 0 Å². The molecule has 1 aromatic carbocycles. The molecule has 0 unspecified atom stereocenters. The van der Waals surface area contributed by atoms with Gasteiger partial charge in [-0.1, -0.05) is 24.3 Å². The molecule has 0 radical (unpaired) electrons. The molecule has 2 heterocycles. The van der Waals surface area contributed by atoms with Crippen molar-refractivity contribution in [2.24, 2.45) is 11.8 Å². The van der Waals surface area contributed by atoms with Gasteiger partial charge in [-0.3, -0.25) is 4.79 Å². The van der Waals surface area contributed by atoms with Gasteiger partial charge in [0.25, 0.3) is 0 Å². The SMILES string of the molecule is CCS(=O)(=O)N1C[C@@H]2CN(C(=O)CN(C)C)[C@@H](c3ccccc3C)[C@@H]2C1. The first-order valence-corrected chi connectivity index (χ1v) is 10.8. The van der Waals surface area contributed by atoms with Crippen molar-refractivity contribution in [3.63, 3.8) is 0 Å². The van der Waals surface area contributed by atoms with Crippen molar-refractivity contribution >= 4 is 15.9 Å². The van der Waals surface area contributed by atoms with Crippen molar-refractivity contribution in [1.29, 1.82) is 0 Å². The molecule has 2 saturated heterocycles. The highest BCUT2D eigenvalue weighted by molar-refractivity contribution is 7.89. The minimum absolute atomic E-state index is 0.0503. The number of likely N-dealkylation sites (N-methyl/N-ethyl adjacent to an activating group) is 1. The first-order chi connectivity index (χ1) is 12.2. The highest BCUT2D eigenvalue weighted by Gasteiger charge is 2.51. The van der Waals surface area contributed by atoms with Gasteiger partial charge in [0.05, 0.1) is 18.3 Å². The number of hydrogen-bond donors (Lipinski definition) is 0. The lowest BCUT2D eigenvalue weighted by Crippen LogP contribution is -2.41. The molecule has 3 atom stereocenters. The van der Waals surface area contributed by atoms with E-state index in [1.54, 1.807) is 11.2 Å². The number of likely N-dealkylation sites (tertiary alicyclic amines) is 1. The maximum absolute atomic E-state index is 12.9. The summed E-state index contributed by atoms with van der Waals surface area (Å²) in [5.41, 5.74) is 2.29. The first kappa shape index (κ1) is 19.3.